The Morgan fingerprint density at radius 2 is 2.14 bits per heavy atom. The van der Waals surface area contributed by atoms with Gasteiger partial charge in [-0.3, -0.25) is 0 Å². The second-order valence-corrected chi connectivity index (χ2v) is 2.74. The van der Waals surface area contributed by atoms with E-state index in [2.05, 4.69) is 11.3 Å². The summed E-state index contributed by atoms with van der Waals surface area (Å²) in [5, 5.41) is 8.60. The van der Waals surface area contributed by atoms with Crippen LogP contribution in [-0.2, 0) is 9.53 Å². The standard InChI is InChI=1S/C8H11F3O3/c1-3-7(13)14-5(2)4-6(12)8(9,10)11/h3,5-6,12H,1,4H2,2H3. The van der Waals surface area contributed by atoms with Crippen molar-refractivity contribution >= 4 is 5.97 Å². The number of rotatable bonds is 4. The van der Waals surface area contributed by atoms with Crippen molar-refractivity contribution in [1.82, 2.24) is 0 Å². The Labute approximate surface area is 79.2 Å². The van der Waals surface area contributed by atoms with E-state index >= 15 is 0 Å². The molecule has 0 saturated heterocycles. The maximum Gasteiger partial charge on any atom is 0.414 e. The van der Waals surface area contributed by atoms with E-state index in [0.29, 0.717) is 0 Å². The number of ether oxygens (including phenoxy) is 1. The van der Waals surface area contributed by atoms with Crippen molar-refractivity contribution in [3.63, 3.8) is 0 Å². The predicted octanol–water partition coefficient (Wildman–Crippen LogP) is 1.42. The number of halogens is 3. The summed E-state index contributed by atoms with van der Waals surface area (Å²) in [7, 11) is 0. The van der Waals surface area contributed by atoms with Crippen LogP contribution in [-0.4, -0.2) is 29.5 Å². The van der Waals surface area contributed by atoms with Crippen LogP contribution in [0.3, 0.4) is 0 Å². The third-order valence-corrected chi connectivity index (χ3v) is 1.42. The summed E-state index contributed by atoms with van der Waals surface area (Å²) >= 11 is 0. The minimum Gasteiger partial charge on any atom is -0.459 e. The fourth-order valence-corrected chi connectivity index (χ4v) is 0.743. The van der Waals surface area contributed by atoms with Gasteiger partial charge in [0, 0.05) is 12.5 Å². The molecule has 0 heterocycles. The predicted molar refractivity (Wildman–Crippen MR) is 42.4 cm³/mol. The van der Waals surface area contributed by atoms with Crippen molar-refractivity contribution in [3.05, 3.63) is 12.7 Å². The number of hydrogen-bond acceptors (Lipinski definition) is 3. The molecule has 82 valence electrons. The minimum absolute atomic E-state index is 0.677. The fraction of sp³-hybridized carbons (Fsp3) is 0.625. The molecule has 0 radical (unpaired) electrons. The van der Waals surface area contributed by atoms with Gasteiger partial charge in [-0.2, -0.15) is 13.2 Å². The van der Waals surface area contributed by atoms with E-state index in [1.54, 1.807) is 0 Å². The molecular formula is C8H11F3O3. The van der Waals surface area contributed by atoms with Gasteiger partial charge in [-0.15, -0.1) is 0 Å². The van der Waals surface area contributed by atoms with Gasteiger partial charge < -0.3 is 9.84 Å². The van der Waals surface area contributed by atoms with E-state index in [4.69, 9.17) is 5.11 Å². The lowest BCUT2D eigenvalue weighted by atomic mass is 10.2. The zero-order valence-electron chi connectivity index (χ0n) is 7.54. The summed E-state index contributed by atoms with van der Waals surface area (Å²) in [6.45, 7) is 4.34. The van der Waals surface area contributed by atoms with E-state index in [0.717, 1.165) is 6.08 Å². The molecule has 0 aliphatic rings. The van der Waals surface area contributed by atoms with Crippen LogP contribution in [0.2, 0.25) is 0 Å². The smallest absolute Gasteiger partial charge is 0.414 e. The zero-order chi connectivity index (χ0) is 11.4. The van der Waals surface area contributed by atoms with Crippen LogP contribution in [0.1, 0.15) is 13.3 Å². The third-order valence-electron chi connectivity index (χ3n) is 1.42. The molecule has 0 amide bonds. The van der Waals surface area contributed by atoms with Crippen LogP contribution in [0.15, 0.2) is 12.7 Å². The second kappa shape index (κ2) is 4.99. The van der Waals surface area contributed by atoms with Gasteiger partial charge >= 0.3 is 12.1 Å². The normalized spacial score (nSPS) is 15.8. The van der Waals surface area contributed by atoms with Crippen molar-refractivity contribution in [1.29, 1.82) is 0 Å². The van der Waals surface area contributed by atoms with Gasteiger partial charge in [-0.25, -0.2) is 4.79 Å². The molecule has 2 unspecified atom stereocenters. The SMILES string of the molecule is C=CC(=O)OC(C)CC(O)C(F)(F)F. The molecule has 0 aliphatic carbocycles. The number of hydrogen-bond donors (Lipinski definition) is 1. The molecular weight excluding hydrogens is 201 g/mol. The van der Waals surface area contributed by atoms with Crippen LogP contribution >= 0.6 is 0 Å². The Bertz CT molecular complexity index is 212. The zero-order valence-corrected chi connectivity index (χ0v) is 7.54. The van der Waals surface area contributed by atoms with Crippen LogP contribution in [0.25, 0.3) is 0 Å². The van der Waals surface area contributed by atoms with Gasteiger partial charge in [-0.05, 0) is 6.92 Å². The van der Waals surface area contributed by atoms with E-state index in [9.17, 15) is 18.0 Å². The molecule has 0 spiro atoms. The molecule has 1 N–H and O–H groups in total. The molecule has 14 heavy (non-hydrogen) atoms. The molecule has 0 fully saturated rings. The van der Waals surface area contributed by atoms with Gasteiger partial charge in [0.2, 0.25) is 0 Å². The number of aliphatic hydroxyl groups excluding tert-OH is 1. The summed E-state index contributed by atoms with van der Waals surface area (Å²) in [6, 6.07) is 0. The summed E-state index contributed by atoms with van der Waals surface area (Å²) in [5.41, 5.74) is 0. The molecule has 6 heteroatoms. The highest BCUT2D eigenvalue weighted by atomic mass is 19.4. The molecule has 0 rings (SSSR count). The number of aliphatic hydroxyl groups is 1. The molecule has 0 aromatic rings. The van der Waals surface area contributed by atoms with Crippen molar-refractivity contribution in [2.24, 2.45) is 0 Å². The molecule has 0 bridgehead atoms. The first-order valence-electron chi connectivity index (χ1n) is 3.85. The molecule has 0 saturated carbocycles. The van der Waals surface area contributed by atoms with Crippen LogP contribution < -0.4 is 0 Å². The molecule has 3 nitrogen and oxygen atoms in total. The molecule has 0 aromatic carbocycles. The van der Waals surface area contributed by atoms with Gasteiger partial charge in [0.05, 0.1) is 0 Å². The van der Waals surface area contributed by atoms with Crippen molar-refractivity contribution in [2.45, 2.75) is 31.7 Å². The molecule has 0 aromatic heterocycles. The van der Waals surface area contributed by atoms with Crippen LogP contribution in [0.4, 0.5) is 13.2 Å². The quantitative estimate of drug-likeness (QED) is 0.566. The van der Waals surface area contributed by atoms with Gasteiger partial charge in [-0.1, -0.05) is 6.58 Å². The topological polar surface area (TPSA) is 46.5 Å². The van der Waals surface area contributed by atoms with Crippen LogP contribution in [0, 0.1) is 0 Å². The lowest BCUT2D eigenvalue weighted by Crippen LogP contribution is -2.32. The highest BCUT2D eigenvalue weighted by molar-refractivity contribution is 5.81. The number of carbonyl (C=O) groups excluding carboxylic acids is 1. The molecule has 2 atom stereocenters. The highest BCUT2D eigenvalue weighted by Gasteiger charge is 2.39. The van der Waals surface area contributed by atoms with Crippen molar-refractivity contribution in [3.8, 4) is 0 Å². The minimum atomic E-state index is -4.69. The Morgan fingerprint density at radius 3 is 2.50 bits per heavy atom. The van der Waals surface area contributed by atoms with Gasteiger partial charge in [0.25, 0.3) is 0 Å². The van der Waals surface area contributed by atoms with E-state index in [1.165, 1.54) is 6.92 Å². The lowest BCUT2D eigenvalue weighted by Gasteiger charge is -2.18. The second-order valence-electron chi connectivity index (χ2n) is 2.74. The number of esters is 1. The Hall–Kier alpha value is -1.04. The first-order chi connectivity index (χ1) is 6.27. The van der Waals surface area contributed by atoms with E-state index < -0.39 is 30.8 Å². The summed E-state index contributed by atoms with van der Waals surface area (Å²) in [4.78, 5) is 10.6. The van der Waals surface area contributed by atoms with Gasteiger partial charge in [0.1, 0.15) is 6.10 Å². The Kier molecular flexibility index (Phi) is 4.62. The van der Waals surface area contributed by atoms with Crippen molar-refractivity contribution in [2.75, 3.05) is 0 Å². The Balaban J connectivity index is 4.00. The first-order valence-corrected chi connectivity index (χ1v) is 3.85. The summed E-state index contributed by atoms with van der Waals surface area (Å²) in [5.74, 6) is -0.813. The average molecular weight is 212 g/mol. The first kappa shape index (κ1) is 13.0. The molecule has 0 aliphatic heterocycles. The Morgan fingerprint density at radius 1 is 1.64 bits per heavy atom. The highest BCUT2D eigenvalue weighted by Crippen LogP contribution is 2.23. The summed E-state index contributed by atoms with van der Waals surface area (Å²) in [6.07, 6.45) is -8.00. The summed E-state index contributed by atoms with van der Waals surface area (Å²) < 4.78 is 39.9. The van der Waals surface area contributed by atoms with E-state index in [-0.39, 0.29) is 0 Å². The van der Waals surface area contributed by atoms with E-state index in [1.807, 2.05) is 0 Å². The van der Waals surface area contributed by atoms with Crippen molar-refractivity contribution < 1.29 is 27.8 Å². The monoisotopic (exact) mass is 212 g/mol. The van der Waals surface area contributed by atoms with Gasteiger partial charge in [0.15, 0.2) is 6.10 Å². The third kappa shape index (κ3) is 4.86. The average Bonchev–Trinajstić information content (AvgIpc) is 2.02. The lowest BCUT2D eigenvalue weighted by molar-refractivity contribution is -0.212. The number of alkyl halides is 3. The number of carbonyl (C=O) groups is 1. The largest absolute Gasteiger partial charge is 0.459 e. The van der Waals surface area contributed by atoms with Crippen LogP contribution in [0.5, 0.6) is 0 Å². The maximum atomic E-state index is 11.8. The maximum absolute atomic E-state index is 11.8. The fourth-order valence-electron chi connectivity index (χ4n) is 0.743.